The van der Waals surface area contributed by atoms with E-state index in [1.54, 1.807) is 23.0 Å². The van der Waals surface area contributed by atoms with Crippen LogP contribution in [0.2, 0.25) is 0 Å². The van der Waals surface area contributed by atoms with Crippen molar-refractivity contribution in [3.8, 4) is 11.4 Å². The number of benzene rings is 1. The summed E-state index contributed by atoms with van der Waals surface area (Å²) in [5.74, 6) is 0.375. The van der Waals surface area contributed by atoms with Gasteiger partial charge in [-0.25, -0.2) is 4.68 Å². The van der Waals surface area contributed by atoms with Gasteiger partial charge in [-0.05, 0) is 35.5 Å². The molecule has 1 amide bonds. The maximum Gasteiger partial charge on any atom is 0.258 e. The largest absolute Gasteiger partial charge is 0.484 e. The summed E-state index contributed by atoms with van der Waals surface area (Å²) in [6.07, 6.45) is 5.04. The van der Waals surface area contributed by atoms with Crippen molar-refractivity contribution >= 4 is 5.91 Å². The molecular weight excluding hydrogens is 310 g/mol. The van der Waals surface area contributed by atoms with E-state index in [4.69, 9.17) is 4.74 Å². The highest BCUT2D eigenvalue weighted by Gasteiger charge is 2.09. The van der Waals surface area contributed by atoms with Gasteiger partial charge in [0.15, 0.2) is 6.61 Å². The molecule has 0 unspecified atom stereocenters. The maximum atomic E-state index is 12.0. The monoisotopic (exact) mass is 327 g/mol. The van der Waals surface area contributed by atoms with E-state index in [0.717, 1.165) is 5.69 Å². The van der Waals surface area contributed by atoms with Crippen LogP contribution in [-0.4, -0.2) is 48.5 Å². The van der Waals surface area contributed by atoms with Crippen molar-refractivity contribution < 1.29 is 9.53 Å². The average molecular weight is 327 g/mol. The van der Waals surface area contributed by atoms with E-state index in [1.165, 1.54) is 11.0 Å². The van der Waals surface area contributed by atoms with Crippen molar-refractivity contribution in [2.45, 2.75) is 19.5 Å². The summed E-state index contributed by atoms with van der Waals surface area (Å²) < 4.78 is 8.80. The standard InChI is InChI=1S/C15H17N7O2/c1-12(9-21-7-3-6-17-21)18-15(23)10-24-14-5-2-4-13(8-14)22-11-16-19-20-22/h2-8,11-12H,9-10H2,1H3,(H,18,23)/t12-/m0/s1. The Morgan fingerprint density at radius 1 is 1.38 bits per heavy atom. The van der Waals surface area contributed by atoms with E-state index < -0.39 is 0 Å². The van der Waals surface area contributed by atoms with Crippen LogP contribution < -0.4 is 10.1 Å². The molecule has 9 nitrogen and oxygen atoms in total. The van der Waals surface area contributed by atoms with Crippen LogP contribution in [0.4, 0.5) is 0 Å². The molecule has 24 heavy (non-hydrogen) atoms. The van der Waals surface area contributed by atoms with Gasteiger partial charge >= 0.3 is 0 Å². The van der Waals surface area contributed by atoms with Gasteiger partial charge in [0.1, 0.15) is 12.1 Å². The van der Waals surface area contributed by atoms with Crippen LogP contribution in [0.15, 0.2) is 49.1 Å². The number of ether oxygens (including phenoxy) is 1. The highest BCUT2D eigenvalue weighted by atomic mass is 16.5. The first-order valence-electron chi connectivity index (χ1n) is 7.44. The lowest BCUT2D eigenvalue weighted by atomic mass is 10.3. The van der Waals surface area contributed by atoms with Crippen molar-refractivity contribution in [3.63, 3.8) is 0 Å². The predicted octanol–water partition coefficient (Wildman–Crippen LogP) is 0.442. The van der Waals surface area contributed by atoms with E-state index in [9.17, 15) is 4.79 Å². The van der Waals surface area contributed by atoms with E-state index in [2.05, 4.69) is 25.9 Å². The number of nitrogens with one attached hydrogen (secondary N) is 1. The molecule has 1 atom stereocenters. The molecule has 0 radical (unpaired) electrons. The summed E-state index contributed by atoms with van der Waals surface area (Å²) in [7, 11) is 0. The van der Waals surface area contributed by atoms with Crippen molar-refractivity contribution in [1.29, 1.82) is 0 Å². The van der Waals surface area contributed by atoms with Gasteiger partial charge in [-0.2, -0.15) is 5.10 Å². The van der Waals surface area contributed by atoms with Crippen molar-refractivity contribution in [3.05, 3.63) is 49.1 Å². The highest BCUT2D eigenvalue weighted by molar-refractivity contribution is 5.77. The molecule has 0 aliphatic heterocycles. The van der Waals surface area contributed by atoms with Crippen LogP contribution in [-0.2, 0) is 11.3 Å². The van der Waals surface area contributed by atoms with E-state index in [-0.39, 0.29) is 18.6 Å². The summed E-state index contributed by atoms with van der Waals surface area (Å²) in [6, 6.07) is 8.98. The summed E-state index contributed by atoms with van der Waals surface area (Å²) in [6.45, 7) is 2.45. The van der Waals surface area contributed by atoms with Crippen LogP contribution in [0, 0.1) is 0 Å². The first-order valence-corrected chi connectivity index (χ1v) is 7.44. The molecule has 0 saturated carbocycles. The summed E-state index contributed by atoms with van der Waals surface area (Å²) in [5, 5.41) is 18.0. The van der Waals surface area contributed by atoms with Gasteiger partial charge in [0.2, 0.25) is 0 Å². The number of rotatable bonds is 7. The summed E-state index contributed by atoms with van der Waals surface area (Å²) >= 11 is 0. The minimum atomic E-state index is -0.192. The number of amides is 1. The fourth-order valence-electron chi connectivity index (χ4n) is 2.20. The third-order valence-corrected chi connectivity index (χ3v) is 3.23. The fraction of sp³-hybridized carbons (Fsp3) is 0.267. The topological polar surface area (TPSA) is 99.8 Å². The Hall–Kier alpha value is -3.23. The van der Waals surface area contributed by atoms with Crippen molar-refractivity contribution in [1.82, 2.24) is 35.3 Å². The Morgan fingerprint density at radius 2 is 2.29 bits per heavy atom. The van der Waals surface area contributed by atoms with Crippen molar-refractivity contribution in [2.75, 3.05) is 6.61 Å². The number of carbonyl (C=O) groups is 1. The minimum Gasteiger partial charge on any atom is -0.484 e. The molecule has 0 aliphatic carbocycles. The second-order valence-corrected chi connectivity index (χ2v) is 5.24. The van der Waals surface area contributed by atoms with Crippen molar-refractivity contribution in [2.24, 2.45) is 0 Å². The maximum absolute atomic E-state index is 12.0. The summed E-state index contributed by atoms with van der Waals surface area (Å²) in [5.41, 5.74) is 0.755. The van der Waals surface area contributed by atoms with E-state index in [0.29, 0.717) is 12.3 Å². The molecule has 9 heteroatoms. The van der Waals surface area contributed by atoms with Crippen LogP contribution in [0.1, 0.15) is 6.92 Å². The molecule has 1 N–H and O–H groups in total. The molecule has 0 spiro atoms. The van der Waals surface area contributed by atoms with Crippen LogP contribution in [0.25, 0.3) is 5.69 Å². The Labute approximate surface area is 138 Å². The SMILES string of the molecule is C[C@@H](Cn1cccn1)NC(=O)COc1cccc(-n2cnnn2)c1. The zero-order chi connectivity index (χ0) is 16.8. The molecule has 0 aliphatic rings. The van der Waals surface area contributed by atoms with Crippen LogP contribution in [0.3, 0.4) is 0 Å². The molecule has 1 aromatic carbocycles. The zero-order valence-corrected chi connectivity index (χ0v) is 13.1. The first-order chi connectivity index (χ1) is 11.7. The smallest absolute Gasteiger partial charge is 0.258 e. The molecule has 0 fully saturated rings. The number of aromatic nitrogens is 6. The van der Waals surface area contributed by atoms with E-state index in [1.807, 2.05) is 31.3 Å². The third kappa shape index (κ3) is 4.15. The second-order valence-electron chi connectivity index (χ2n) is 5.24. The minimum absolute atomic E-state index is 0.0476. The normalized spacial score (nSPS) is 11.9. The van der Waals surface area contributed by atoms with Gasteiger partial charge < -0.3 is 10.1 Å². The lowest BCUT2D eigenvalue weighted by Crippen LogP contribution is -2.38. The number of nitrogens with zero attached hydrogens (tertiary/aromatic N) is 6. The van der Waals surface area contributed by atoms with Crippen LogP contribution in [0.5, 0.6) is 5.75 Å². The molecule has 2 heterocycles. The van der Waals surface area contributed by atoms with Crippen LogP contribution >= 0.6 is 0 Å². The number of tetrazole rings is 1. The van der Waals surface area contributed by atoms with E-state index >= 15 is 0 Å². The van der Waals surface area contributed by atoms with Gasteiger partial charge in [0, 0.05) is 24.5 Å². The molecule has 2 aromatic heterocycles. The lowest BCUT2D eigenvalue weighted by molar-refractivity contribution is -0.123. The second kappa shape index (κ2) is 7.36. The first kappa shape index (κ1) is 15.7. The molecule has 3 aromatic rings. The molecule has 3 rings (SSSR count). The zero-order valence-electron chi connectivity index (χ0n) is 13.1. The van der Waals surface area contributed by atoms with Gasteiger partial charge in [-0.15, -0.1) is 5.10 Å². The summed E-state index contributed by atoms with van der Waals surface area (Å²) in [4.78, 5) is 12.0. The quantitative estimate of drug-likeness (QED) is 0.676. The predicted molar refractivity (Wildman–Crippen MR) is 84.5 cm³/mol. The lowest BCUT2D eigenvalue weighted by Gasteiger charge is -2.14. The Balaban J connectivity index is 1.50. The number of hydrogen-bond acceptors (Lipinski definition) is 6. The molecular formula is C15H17N7O2. The highest BCUT2D eigenvalue weighted by Crippen LogP contribution is 2.15. The Morgan fingerprint density at radius 3 is 3.04 bits per heavy atom. The molecule has 0 bridgehead atoms. The van der Waals surface area contributed by atoms with Gasteiger partial charge in [-0.1, -0.05) is 6.07 Å². The number of hydrogen-bond donors (Lipinski definition) is 1. The third-order valence-electron chi connectivity index (χ3n) is 3.23. The fourth-order valence-corrected chi connectivity index (χ4v) is 2.20. The van der Waals surface area contributed by atoms with Gasteiger partial charge in [0.05, 0.1) is 12.2 Å². The number of carbonyl (C=O) groups excluding carboxylic acids is 1. The average Bonchev–Trinajstić information content (AvgIpc) is 3.26. The Kier molecular flexibility index (Phi) is 4.80. The Bertz CT molecular complexity index is 771. The van der Waals surface area contributed by atoms with Gasteiger partial charge in [-0.3, -0.25) is 9.48 Å². The van der Waals surface area contributed by atoms with Gasteiger partial charge in [0.25, 0.3) is 5.91 Å². The molecule has 124 valence electrons. The molecule has 0 saturated heterocycles.